The SMILES string of the molecule is CCCS(=O)(=O)c1ccc(-c2cc3ccccc3c(N3CCNCC3)n2)cc1. The highest BCUT2D eigenvalue weighted by Gasteiger charge is 2.17. The number of aromatic nitrogens is 1. The minimum atomic E-state index is -3.20. The monoisotopic (exact) mass is 395 g/mol. The third-order valence-electron chi connectivity index (χ3n) is 5.12. The van der Waals surface area contributed by atoms with E-state index in [4.69, 9.17) is 4.98 Å². The summed E-state index contributed by atoms with van der Waals surface area (Å²) in [6, 6.07) is 17.5. The molecule has 0 atom stereocenters. The van der Waals surface area contributed by atoms with E-state index in [9.17, 15) is 8.42 Å². The maximum Gasteiger partial charge on any atom is 0.178 e. The summed E-state index contributed by atoms with van der Waals surface area (Å²) in [5, 5.41) is 5.67. The molecule has 0 spiro atoms. The predicted octanol–water partition coefficient (Wildman–Crippen LogP) is 3.50. The normalized spacial score (nSPS) is 15.1. The third-order valence-corrected chi connectivity index (χ3v) is 7.05. The van der Waals surface area contributed by atoms with E-state index < -0.39 is 9.84 Å². The fraction of sp³-hybridized carbons (Fsp3) is 0.318. The van der Waals surface area contributed by atoms with Crippen LogP contribution in [0.3, 0.4) is 0 Å². The van der Waals surface area contributed by atoms with Gasteiger partial charge in [-0.1, -0.05) is 43.3 Å². The number of hydrogen-bond donors (Lipinski definition) is 1. The van der Waals surface area contributed by atoms with Gasteiger partial charge in [0.1, 0.15) is 5.82 Å². The van der Waals surface area contributed by atoms with E-state index in [1.54, 1.807) is 12.1 Å². The van der Waals surface area contributed by atoms with Crippen molar-refractivity contribution in [2.24, 2.45) is 0 Å². The zero-order chi connectivity index (χ0) is 19.6. The maximum absolute atomic E-state index is 12.3. The number of piperazine rings is 1. The van der Waals surface area contributed by atoms with Gasteiger partial charge in [0.05, 0.1) is 16.3 Å². The molecule has 4 rings (SSSR count). The lowest BCUT2D eigenvalue weighted by atomic mass is 10.1. The number of rotatable bonds is 5. The van der Waals surface area contributed by atoms with Gasteiger partial charge in [-0.05, 0) is 30.0 Å². The molecular weight excluding hydrogens is 370 g/mol. The number of benzene rings is 2. The van der Waals surface area contributed by atoms with Gasteiger partial charge in [0, 0.05) is 37.1 Å². The Morgan fingerprint density at radius 2 is 1.75 bits per heavy atom. The lowest BCUT2D eigenvalue weighted by Gasteiger charge is -2.29. The number of fused-ring (bicyclic) bond motifs is 1. The van der Waals surface area contributed by atoms with Crippen molar-refractivity contribution in [2.75, 3.05) is 36.8 Å². The van der Waals surface area contributed by atoms with E-state index in [2.05, 4.69) is 28.4 Å². The highest BCUT2D eigenvalue weighted by atomic mass is 32.2. The Labute approximate surface area is 166 Å². The van der Waals surface area contributed by atoms with Crippen LogP contribution in [0.25, 0.3) is 22.0 Å². The van der Waals surface area contributed by atoms with Crippen molar-refractivity contribution < 1.29 is 8.42 Å². The molecule has 28 heavy (non-hydrogen) atoms. The number of pyridine rings is 1. The summed E-state index contributed by atoms with van der Waals surface area (Å²) in [5.74, 6) is 1.17. The molecular formula is C22H25N3O2S. The van der Waals surface area contributed by atoms with Crippen molar-refractivity contribution in [3.63, 3.8) is 0 Å². The second kappa shape index (κ2) is 7.89. The van der Waals surface area contributed by atoms with Gasteiger partial charge in [-0.3, -0.25) is 0 Å². The van der Waals surface area contributed by atoms with E-state index >= 15 is 0 Å². The third kappa shape index (κ3) is 3.75. The molecule has 2 aromatic carbocycles. The van der Waals surface area contributed by atoms with E-state index in [0.717, 1.165) is 54.0 Å². The van der Waals surface area contributed by atoms with Crippen molar-refractivity contribution in [3.8, 4) is 11.3 Å². The molecule has 2 heterocycles. The Morgan fingerprint density at radius 1 is 1.04 bits per heavy atom. The van der Waals surface area contributed by atoms with Gasteiger partial charge in [0.25, 0.3) is 0 Å². The van der Waals surface area contributed by atoms with Crippen LogP contribution in [0.5, 0.6) is 0 Å². The summed E-state index contributed by atoms with van der Waals surface area (Å²) >= 11 is 0. The molecule has 1 N–H and O–H groups in total. The zero-order valence-electron chi connectivity index (χ0n) is 16.1. The average Bonchev–Trinajstić information content (AvgIpc) is 2.73. The molecule has 0 aliphatic carbocycles. The Bertz CT molecular complexity index is 1070. The van der Waals surface area contributed by atoms with Gasteiger partial charge in [0.2, 0.25) is 0 Å². The Morgan fingerprint density at radius 3 is 2.46 bits per heavy atom. The summed E-state index contributed by atoms with van der Waals surface area (Å²) in [4.78, 5) is 7.67. The van der Waals surface area contributed by atoms with E-state index in [0.29, 0.717) is 11.3 Å². The van der Waals surface area contributed by atoms with E-state index in [1.165, 1.54) is 0 Å². The predicted molar refractivity (Wildman–Crippen MR) is 115 cm³/mol. The molecule has 0 unspecified atom stereocenters. The standard InChI is InChI=1S/C22H25N3O2S/c1-2-15-28(26,27)19-9-7-17(8-10-19)21-16-18-5-3-4-6-20(18)22(24-21)25-13-11-23-12-14-25/h3-10,16,23H,2,11-15H2,1H3. The van der Waals surface area contributed by atoms with Crippen molar-refractivity contribution in [3.05, 3.63) is 54.6 Å². The average molecular weight is 396 g/mol. The molecule has 0 amide bonds. The number of nitrogens with zero attached hydrogens (tertiary/aromatic N) is 2. The first-order valence-electron chi connectivity index (χ1n) is 9.77. The Kier molecular flexibility index (Phi) is 5.33. The zero-order valence-corrected chi connectivity index (χ0v) is 16.9. The largest absolute Gasteiger partial charge is 0.354 e. The van der Waals surface area contributed by atoms with Gasteiger partial charge in [-0.15, -0.1) is 0 Å². The minimum Gasteiger partial charge on any atom is -0.354 e. The van der Waals surface area contributed by atoms with Crippen LogP contribution in [0, 0.1) is 0 Å². The molecule has 1 aliphatic rings. The second-order valence-corrected chi connectivity index (χ2v) is 9.24. The van der Waals surface area contributed by atoms with Crippen LogP contribution >= 0.6 is 0 Å². The van der Waals surface area contributed by atoms with Crippen LogP contribution < -0.4 is 10.2 Å². The summed E-state index contributed by atoms with van der Waals surface area (Å²) in [7, 11) is -3.20. The van der Waals surface area contributed by atoms with Crippen LogP contribution in [0.1, 0.15) is 13.3 Å². The highest BCUT2D eigenvalue weighted by molar-refractivity contribution is 7.91. The number of anilines is 1. The lowest BCUT2D eigenvalue weighted by Crippen LogP contribution is -2.44. The minimum absolute atomic E-state index is 0.174. The van der Waals surface area contributed by atoms with Gasteiger partial charge in [0.15, 0.2) is 9.84 Å². The quantitative estimate of drug-likeness (QED) is 0.716. The fourth-order valence-electron chi connectivity index (χ4n) is 3.67. The first-order valence-corrected chi connectivity index (χ1v) is 11.4. The molecule has 6 heteroatoms. The Balaban J connectivity index is 1.76. The van der Waals surface area contributed by atoms with Crippen molar-refractivity contribution >= 4 is 26.4 Å². The summed E-state index contributed by atoms with van der Waals surface area (Å²) < 4.78 is 24.6. The molecule has 1 saturated heterocycles. The molecule has 1 fully saturated rings. The van der Waals surface area contributed by atoms with Gasteiger partial charge in [-0.25, -0.2) is 13.4 Å². The number of hydrogen-bond acceptors (Lipinski definition) is 5. The van der Waals surface area contributed by atoms with Gasteiger partial charge < -0.3 is 10.2 Å². The topological polar surface area (TPSA) is 62.3 Å². The van der Waals surface area contributed by atoms with Crippen LogP contribution in [-0.2, 0) is 9.84 Å². The summed E-state index contributed by atoms with van der Waals surface area (Å²) in [6.45, 7) is 5.63. The fourth-order valence-corrected chi connectivity index (χ4v) is 4.99. The van der Waals surface area contributed by atoms with Gasteiger partial charge in [-0.2, -0.15) is 0 Å². The van der Waals surface area contributed by atoms with Crippen LogP contribution in [0.2, 0.25) is 0 Å². The van der Waals surface area contributed by atoms with E-state index in [-0.39, 0.29) is 5.75 Å². The lowest BCUT2D eigenvalue weighted by molar-refractivity contribution is 0.586. The number of nitrogens with one attached hydrogen (secondary N) is 1. The van der Waals surface area contributed by atoms with Crippen LogP contribution in [-0.4, -0.2) is 45.3 Å². The number of sulfone groups is 1. The smallest absolute Gasteiger partial charge is 0.178 e. The van der Waals surface area contributed by atoms with Crippen LogP contribution in [0.15, 0.2) is 59.5 Å². The molecule has 146 valence electrons. The molecule has 0 saturated carbocycles. The highest BCUT2D eigenvalue weighted by Crippen LogP contribution is 2.30. The summed E-state index contributed by atoms with van der Waals surface area (Å²) in [5.41, 5.74) is 1.80. The molecule has 3 aromatic rings. The van der Waals surface area contributed by atoms with Crippen molar-refractivity contribution in [1.82, 2.24) is 10.3 Å². The second-order valence-electron chi connectivity index (χ2n) is 7.13. The Hall–Kier alpha value is -2.44. The molecule has 0 radical (unpaired) electrons. The van der Waals surface area contributed by atoms with Gasteiger partial charge >= 0.3 is 0 Å². The molecule has 1 aliphatic heterocycles. The summed E-state index contributed by atoms with van der Waals surface area (Å²) in [6.07, 6.45) is 0.615. The molecule has 5 nitrogen and oxygen atoms in total. The first kappa shape index (κ1) is 18.9. The van der Waals surface area contributed by atoms with Crippen LogP contribution in [0.4, 0.5) is 5.82 Å². The van der Waals surface area contributed by atoms with Crippen molar-refractivity contribution in [2.45, 2.75) is 18.2 Å². The van der Waals surface area contributed by atoms with E-state index in [1.807, 2.05) is 31.2 Å². The maximum atomic E-state index is 12.3. The molecule has 1 aromatic heterocycles. The first-order chi connectivity index (χ1) is 13.6. The van der Waals surface area contributed by atoms with Crippen molar-refractivity contribution in [1.29, 1.82) is 0 Å². The molecule has 0 bridgehead atoms.